The average molecular weight is 494 g/mol. The van der Waals surface area contributed by atoms with Crippen molar-refractivity contribution in [1.82, 2.24) is 10.0 Å². The van der Waals surface area contributed by atoms with E-state index < -0.39 is 10.0 Å². The van der Waals surface area contributed by atoms with Gasteiger partial charge in [0.1, 0.15) is 0 Å². The second-order valence-electron chi connectivity index (χ2n) is 7.78. The zero-order valence-electron chi connectivity index (χ0n) is 17.3. The normalized spacial score (nSPS) is 16.6. The van der Waals surface area contributed by atoms with E-state index in [9.17, 15) is 13.2 Å². The van der Waals surface area contributed by atoms with Gasteiger partial charge in [0.25, 0.3) is 0 Å². The molecule has 1 fully saturated rings. The third kappa shape index (κ3) is 6.06. The highest BCUT2D eigenvalue weighted by Crippen LogP contribution is 2.26. The summed E-state index contributed by atoms with van der Waals surface area (Å²) in [4.78, 5) is 14.7. The van der Waals surface area contributed by atoms with E-state index in [0.29, 0.717) is 12.5 Å². The predicted molar refractivity (Wildman–Crippen MR) is 123 cm³/mol. The maximum Gasteiger partial charge on any atom is 0.240 e. The second kappa shape index (κ2) is 9.94. The summed E-state index contributed by atoms with van der Waals surface area (Å²) in [6.45, 7) is 6.36. The summed E-state index contributed by atoms with van der Waals surface area (Å²) in [6.07, 6.45) is 1.14. The zero-order valence-corrected chi connectivity index (χ0v) is 19.7. The number of carbonyl (C=O) groups is 1. The van der Waals surface area contributed by atoms with Crippen LogP contribution in [0.2, 0.25) is 0 Å². The lowest BCUT2D eigenvalue weighted by molar-refractivity contribution is -0.121. The van der Waals surface area contributed by atoms with Crippen molar-refractivity contribution in [3.8, 4) is 0 Å². The van der Waals surface area contributed by atoms with Crippen LogP contribution in [0.15, 0.2) is 51.8 Å². The highest BCUT2D eigenvalue weighted by atomic mass is 79.9. The fourth-order valence-corrected chi connectivity index (χ4v) is 5.02. The summed E-state index contributed by atoms with van der Waals surface area (Å²) >= 11 is 3.50. The molecule has 6 nitrogen and oxygen atoms in total. The van der Waals surface area contributed by atoms with Crippen LogP contribution in [0.25, 0.3) is 0 Å². The van der Waals surface area contributed by atoms with Gasteiger partial charge in [0, 0.05) is 42.8 Å². The molecule has 0 radical (unpaired) electrons. The Balaban J connectivity index is 1.40. The number of hydrogen-bond acceptors (Lipinski definition) is 4. The van der Waals surface area contributed by atoms with Crippen LogP contribution >= 0.6 is 15.9 Å². The number of hydrogen-bond donors (Lipinski definition) is 2. The maximum absolute atomic E-state index is 12.4. The van der Waals surface area contributed by atoms with Gasteiger partial charge in [-0.1, -0.05) is 28.1 Å². The van der Waals surface area contributed by atoms with Gasteiger partial charge in [-0.2, -0.15) is 0 Å². The quantitative estimate of drug-likeness (QED) is 0.590. The first kappa shape index (κ1) is 22.8. The van der Waals surface area contributed by atoms with E-state index in [-0.39, 0.29) is 23.8 Å². The number of sulfonamides is 1. The molecule has 2 aromatic carbocycles. The number of carbonyl (C=O) groups excluding carboxylic acids is 1. The number of nitrogens with one attached hydrogen (secondary N) is 2. The van der Waals surface area contributed by atoms with Crippen molar-refractivity contribution >= 4 is 37.5 Å². The van der Waals surface area contributed by atoms with Crippen LogP contribution in [0, 0.1) is 19.8 Å². The topological polar surface area (TPSA) is 78.5 Å². The fraction of sp³-hybridized carbons (Fsp3) is 0.409. The van der Waals surface area contributed by atoms with E-state index in [2.05, 4.69) is 43.0 Å². The van der Waals surface area contributed by atoms with Crippen molar-refractivity contribution in [2.45, 2.75) is 31.6 Å². The number of benzene rings is 2. The first-order chi connectivity index (χ1) is 14.2. The van der Waals surface area contributed by atoms with Crippen LogP contribution < -0.4 is 14.9 Å². The number of aryl methyl sites for hydroxylation is 2. The van der Waals surface area contributed by atoms with E-state index in [4.69, 9.17) is 0 Å². The Bertz CT molecular complexity index is 1010. The molecule has 2 N–H and O–H groups in total. The summed E-state index contributed by atoms with van der Waals surface area (Å²) in [6, 6.07) is 13.2. The van der Waals surface area contributed by atoms with Crippen LogP contribution in [0.3, 0.4) is 0 Å². The lowest BCUT2D eigenvalue weighted by Gasteiger charge is -2.19. The number of anilines is 1. The monoisotopic (exact) mass is 493 g/mol. The first-order valence-electron chi connectivity index (χ1n) is 10.1. The molecule has 1 amide bonds. The van der Waals surface area contributed by atoms with Gasteiger partial charge in [0.05, 0.1) is 4.90 Å². The molecule has 1 unspecified atom stereocenters. The number of rotatable bonds is 8. The van der Waals surface area contributed by atoms with Crippen molar-refractivity contribution in [2.24, 2.45) is 5.92 Å². The molecule has 30 heavy (non-hydrogen) atoms. The van der Waals surface area contributed by atoms with Gasteiger partial charge in [-0.05, 0) is 67.6 Å². The molecule has 1 saturated heterocycles. The molecule has 1 aliphatic heterocycles. The predicted octanol–water partition coefficient (Wildman–Crippen LogP) is 3.38. The minimum atomic E-state index is -3.61. The molecule has 1 aliphatic rings. The average Bonchev–Trinajstić information content (AvgIpc) is 3.17. The summed E-state index contributed by atoms with van der Waals surface area (Å²) in [5, 5.41) is 2.94. The summed E-state index contributed by atoms with van der Waals surface area (Å²) in [5.74, 6) is 0.249. The Morgan fingerprint density at radius 2 is 1.97 bits per heavy atom. The molecule has 0 bridgehead atoms. The molecular weight excluding hydrogens is 466 g/mol. The molecular formula is C22H28BrN3O3S. The Kier molecular flexibility index (Phi) is 7.55. The molecule has 1 atom stereocenters. The van der Waals surface area contributed by atoms with Gasteiger partial charge in [0.15, 0.2) is 0 Å². The lowest BCUT2D eigenvalue weighted by atomic mass is 10.1. The van der Waals surface area contributed by atoms with Crippen LogP contribution in [-0.2, 0) is 14.8 Å². The first-order valence-corrected chi connectivity index (χ1v) is 12.4. The van der Waals surface area contributed by atoms with Crippen molar-refractivity contribution < 1.29 is 13.2 Å². The van der Waals surface area contributed by atoms with Crippen molar-refractivity contribution in [3.63, 3.8) is 0 Å². The van der Waals surface area contributed by atoms with Crippen LogP contribution in [0.1, 0.15) is 24.0 Å². The number of nitrogens with zero attached hydrogens (tertiary/aromatic N) is 1. The third-order valence-electron chi connectivity index (χ3n) is 5.48. The lowest BCUT2D eigenvalue weighted by Crippen LogP contribution is -2.34. The highest BCUT2D eigenvalue weighted by Gasteiger charge is 2.23. The largest absolute Gasteiger partial charge is 0.371 e. The third-order valence-corrected chi connectivity index (χ3v) is 7.43. The van der Waals surface area contributed by atoms with Gasteiger partial charge in [0.2, 0.25) is 15.9 Å². The van der Waals surface area contributed by atoms with E-state index in [1.54, 1.807) is 18.2 Å². The summed E-state index contributed by atoms with van der Waals surface area (Å²) < 4.78 is 28.3. The standard InChI is InChI=1S/C22H28BrN3O3S/c1-16-6-7-21(12-17(16)2)30(28,29)25-10-8-22(27)24-14-18-9-11-26(15-18)20-5-3-4-19(23)13-20/h3-7,12-13,18,25H,8-11,14-15H2,1-2H3,(H,24,27). The van der Waals surface area contributed by atoms with E-state index in [1.165, 1.54) is 5.69 Å². The van der Waals surface area contributed by atoms with Crippen LogP contribution in [0.5, 0.6) is 0 Å². The van der Waals surface area contributed by atoms with Crippen molar-refractivity contribution in [2.75, 3.05) is 31.1 Å². The van der Waals surface area contributed by atoms with Gasteiger partial charge in [-0.3, -0.25) is 4.79 Å². The molecule has 8 heteroatoms. The Hall–Kier alpha value is -1.90. The molecule has 0 saturated carbocycles. The molecule has 3 rings (SSSR count). The summed E-state index contributed by atoms with van der Waals surface area (Å²) in [7, 11) is -3.61. The number of amides is 1. The minimum Gasteiger partial charge on any atom is -0.371 e. The van der Waals surface area contributed by atoms with Gasteiger partial charge >= 0.3 is 0 Å². The fourth-order valence-electron chi connectivity index (χ4n) is 3.52. The second-order valence-corrected chi connectivity index (χ2v) is 10.5. The van der Waals surface area contributed by atoms with Gasteiger partial charge in [-0.25, -0.2) is 13.1 Å². The van der Waals surface area contributed by atoms with Gasteiger partial charge in [-0.15, -0.1) is 0 Å². The van der Waals surface area contributed by atoms with Crippen molar-refractivity contribution in [1.29, 1.82) is 0 Å². The Morgan fingerprint density at radius 3 is 2.70 bits per heavy atom. The van der Waals surface area contributed by atoms with Crippen molar-refractivity contribution in [3.05, 3.63) is 58.1 Å². The SMILES string of the molecule is Cc1ccc(S(=O)(=O)NCCC(=O)NCC2CCN(c3cccc(Br)c3)C2)cc1C. The highest BCUT2D eigenvalue weighted by molar-refractivity contribution is 9.10. The van der Waals surface area contributed by atoms with Crippen LogP contribution in [-0.4, -0.2) is 40.5 Å². The molecule has 2 aromatic rings. The minimum absolute atomic E-state index is 0.0793. The van der Waals surface area contributed by atoms with Crippen LogP contribution in [0.4, 0.5) is 5.69 Å². The zero-order chi connectivity index (χ0) is 21.7. The number of halogens is 1. The Morgan fingerprint density at radius 1 is 1.17 bits per heavy atom. The maximum atomic E-state index is 12.4. The van der Waals surface area contributed by atoms with E-state index >= 15 is 0 Å². The van der Waals surface area contributed by atoms with E-state index in [0.717, 1.165) is 35.1 Å². The molecule has 162 valence electrons. The Labute approximate surface area is 187 Å². The summed E-state index contributed by atoms with van der Waals surface area (Å²) in [5.41, 5.74) is 3.14. The molecule has 0 aliphatic carbocycles. The smallest absolute Gasteiger partial charge is 0.240 e. The molecule has 1 heterocycles. The molecule has 0 aromatic heterocycles. The van der Waals surface area contributed by atoms with Gasteiger partial charge < -0.3 is 10.2 Å². The molecule has 0 spiro atoms. The van der Waals surface area contributed by atoms with E-state index in [1.807, 2.05) is 26.0 Å².